The Morgan fingerprint density at radius 2 is 2.00 bits per heavy atom. The lowest BCUT2D eigenvalue weighted by Gasteiger charge is -2.12. The van der Waals surface area contributed by atoms with Crippen LogP contribution in [0.3, 0.4) is 0 Å². The second-order valence-electron chi connectivity index (χ2n) is 5.29. The summed E-state index contributed by atoms with van der Waals surface area (Å²) >= 11 is 0. The van der Waals surface area contributed by atoms with Gasteiger partial charge in [-0.2, -0.15) is 10.4 Å². The smallest absolute Gasteiger partial charge is 0.337 e. The van der Waals surface area contributed by atoms with E-state index in [1.54, 1.807) is 24.3 Å². The molecule has 1 heterocycles. The fourth-order valence-corrected chi connectivity index (χ4v) is 2.25. The number of carbonyl (C=O) groups excluding carboxylic acids is 1. The molecule has 2 rings (SSSR count). The van der Waals surface area contributed by atoms with Crippen molar-refractivity contribution in [3.8, 4) is 17.3 Å². The van der Waals surface area contributed by atoms with E-state index in [2.05, 4.69) is 16.4 Å². The van der Waals surface area contributed by atoms with Gasteiger partial charge in [-0.3, -0.25) is 0 Å². The number of nitrogens with zero attached hydrogens (tertiary/aromatic N) is 3. The number of ether oxygens (including phenoxy) is 1. The molecule has 0 saturated carbocycles. The number of aromatic nitrogens is 2. The number of nitrogens with two attached hydrogens (primary N) is 1. The normalized spacial score (nSPS) is 11.8. The van der Waals surface area contributed by atoms with Crippen LogP contribution in [0.25, 0.3) is 16.8 Å². The minimum absolute atomic E-state index is 0.0204. The second kappa shape index (κ2) is 7.13. The van der Waals surface area contributed by atoms with E-state index in [4.69, 9.17) is 5.73 Å². The Labute approximate surface area is 143 Å². The zero-order chi connectivity index (χ0) is 18.7. The molecule has 0 radical (unpaired) electrons. The summed E-state index contributed by atoms with van der Waals surface area (Å²) in [5, 5.41) is 13.4. The maximum absolute atomic E-state index is 12.9. The SMILES string of the molecule is C=C(C(=O)OC)c1ccc(-c2nn(C(C)C(F)F)c(N)c2C#N)cc1. The molecule has 25 heavy (non-hydrogen) atoms. The molecule has 0 spiro atoms. The standard InChI is InChI=1S/C17H16F2N4O2/c1-9(17(24)25-3)11-4-6-12(7-5-11)14-13(8-20)16(21)23(22-14)10(2)15(18)19/h4-7,10,15H,1,21H2,2-3H3. The maximum atomic E-state index is 12.9. The van der Waals surface area contributed by atoms with E-state index in [1.165, 1.54) is 14.0 Å². The van der Waals surface area contributed by atoms with Crippen LogP contribution >= 0.6 is 0 Å². The predicted octanol–water partition coefficient (Wildman–Crippen LogP) is 3.02. The van der Waals surface area contributed by atoms with E-state index in [0.29, 0.717) is 11.1 Å². The van der Waals surface area contributed by atoms with Gasteiger partial charge in [-0.15, -0.1) is 0 Å². The first kappa shape index (κ1) is 18.1. The molecule has 0 saturated heterocycles. The molecule has 0 aliphatic carbocycles. The van der Waals surface area contributed by atoms with Crippen LogP contribution in [0.1, 0.15) is 24.1 Å². The number of carbonyl (C=O) groups is 1. The van der Waals surface area contributed by atoms with Gasteiger partial charge in [0.25, 0.3) is 6.43 Å². The molecular weight excluding hydrogens is 330 g/mol. The largest absolute Gasteiger partial charge is 0.465 e. The molecule has 1 unspecified atom stereocenters. The number of hydrogen-bond acceptors (Lipinski definition) is 5. The molecular formula is C17H16F2N4O2. The van der Waals surface area contributed by atoms with Crippen LogP contribution < -0.4 is 5.73 Å². The fraction of sp³-hybridized carbons (Fsp3) is 0.235. The third kappa shape index (κ3) is 3.35. The molecule has 2 N–H and O–H groups in total. The number of esters is 1. The number of anilines is 1. The zero-order valence-corrected chi connectivity index (χ0v) is 13.7. The minimum atomic E-state index is -2.67. The van der Waals surface area contributed by atoms with Gasteiger partial charge in [0, 0.05) is 5.56 Å². The van der Waals surface area contributed by atoms with Gasteiger partial charge < -0.3 is 10.5 Å². The summed E-state index contributed by atoms with van der Waals surface area (Å²) in [6.07, 6.45) is -2.67. The lowest BCUT2D eigenvalue weighted by atomic mass is 10.0. The Morgan fingerprint density at radius 1 is 1.40 bits per heavy atom. The molecule has 2 aromatic rings. The van der Waals surface area contributed by atoms with Crippen LogP contribution in [-0.2, 0) is 9.53 Å². The zero-order valence-electron chi connectivity index (χ0n) is 13.7. The van der Waals surface area contributed by atoms with Gasteiger partial charge >= 0.3 is 5.97 Å². The Balaban J connectivity index is 2.46. The van der Waals surface area contributed by atoms with Gasteiger partial charge in [0.05, 0.1) is 12.7 Å². The van der Waals surface area contributed by atoms with Crippen LogP contribution in [0.2, 0.25) is 0 Å². The summed E-state index contributed by atoms with van der Waals surface area (Å²) in [6, 6.07) is 7.03. The van der Waals surface area contributed by atoms with Gasteiger partial charge in [0.2, 0.25) is 0 Å². The highest BCUT2D eigenvalue weighted by Crippen LogP contribution is 2.31. The molecule has 1 aromatic carbocycles. The highest BCUT2D eigenvalue weighted by Gasteiger charge is 2.25. The van der Waals surface area contributed by atoms with Crippen LogP contribution in [-0.4, -0.2) is 29.3 Å². The number of hydrogen-bond donors (Lipinski definition) is 1. The minimum Gasteiger partial charge on any atom is -0.465 e. The van der Waals surface area contributed by atoms with E-state index >= 15 is 0 Å². The van der Waals surface area contributed by atoms with Gasteiger partial charge in [-0.05, 0) is 12.5 Å². The van der Waals surface area contributed by atoms with Crippen molar-refractivity contribution >= 4 is 17.4 Å². The first-order valence-electron chi connectivity index (χ1n) is 7.26. The van der Waals surface area contributed by atoms with E-state index in [9.17, 15) is 18.8 Å². The van der Waals surface area contributed by atoms with Crippen molar-refractivity contribution in [1.29, 1.82) is 5.26 Å². The van der Waals surface area contributed by atoms with Crippen molar-refractivity contribution in [2.75, 3.05) is 12.8 Å². The summed E-state index contributed by atoms with van der Waals surface area (Å²) < 4.78 is 31.4. The molecule has 0 amide bonds. The number of methoxy groups -OCH3 is 1. The van der Waals surface area contributed by atoms with E-state index in [0.717, 1.165) is 4.68 Å². The molecule has 6 nitrogen and oxygen atoms in total. The van der Waals surface area contributed by atoms with E-state index in [1.807, 2.05) is 6.07 Å². The number of halogens is 2. The number of benzene rings is 1. The highest BCUT2D eigenvalue weighted by atomic mass is 19.3. The van der Waals surface area contributed by atoms with Crippen LogP contribution in [0.15, 0.2) is 30.8 Å². The van der Waals surface area contributed by atoms with Gasteiger partial charge in [0.1, 0.15) is 29.2 Å². The topological polar surface area (TPSA) is 93.9 Å². The lowest BCUT2D eigenvalue weighted by molar-refractivity contribution is -0.133. The van der Waals surface area contributed by atoms with Crippen molar-refractivity contribution in [2.45, 2.75) is 19.4 Å². The monoisotopic (exact) mass is 346 g/mol. The van der Waals surface area contributed by atoms with E-state index in [-0.39, 0.29) is 22.6 Å². The third-order valence-electron chi connectivity index (χ3n) is 3.75. The van der Waals surface area contributed by atoms with Crippen LogP contribution in [0, 0.1) is 11.3 Å². The molecule has 0 fully saturated rings. The number of nitrogen functional groups attached to an aromatic ring is 1. The molecule has 8 heteroatoms. The van der Waals surface area contributed by atoms with Crippen molar-refractivity contribution in [3.05, 3.63) is 42.0 Å². The highest BCUT2D eigenvalue weighted by molar-refractivity contribution is 6.15. The first-order valence-corrected chi connectivity index (χ1v) is 7.26. The molecule has 1 aromatic heterocycles. The molecule has 0 aliphatic rings. The average Bonchev–Trinajstić information content (AvgIpc) is 2.96. The van der Waals surface area contributed by atoms with Crippen LogP contribution in [0.4, 0.5) is 14.6 Å². The molecule has 130 valence electrons. The Morgan fingerprint density at radius 3 is 2.48 bits per heavy atom. The van der Waals surface area contributed by atoms with Crippen molar-refractivity contribution in [2.24, 2.45) is 0 Å². The quantitative estimate of drug-likeness (QED) is 0.663. The summed E-state index contributed by atoms with van der Waals surface area (Å²) in [6.45, 7) is 4.91. The van der Waals surface area contributed by atoms with Crippen molar-refractivity contribution < 1.29 is 18.3 Å². The van der Waals surface area contributed by atoms with Gasteiger partial charge in [0.15, 0.2) is 0 Å². The Hall–Kier alpha value is -3.21. The second-order valence-corrected chi connectivity index (χ2v) is 5.29. The van der Waals surface area contributed by atoms with Crippen molar-refractivity contribution in [1.82, 2.24) is 9.78 Å². The number of rotatable bonds is 5. The lowest BCUT2D eigenvalue weighted by Crippen LogP contribution is -2.17. The number of alkyl halides is 2. The molecule has 1 atom stereocenters. The van der Waals surface area contributed by atoms with Crippen molar-refractivity contribution in [3.63, 3.8) is 0 Å². The van der Waals surface area contributed by atoms with Crippen LogP contribution in [0.5, 0.6) is 0 Å². The molecule has 0 bridgehead atoms. The summed E-state index contributed by atoms with van der Waals surface area (Å²) in [7, 11) is 1.25. The van der Waals surface area contributed by atoms with E-state index < -0.39 is 18.4 Å². The summed E-state index contributed by atoms with van der Waals surface area (Å²) in [4.78, 5) is 11.5. The fourth-order valence-electron chi connectivity index (χ4n) is 2.25. The Kier molecular flexibility index (Phi) is 5.17. The predicted molar refractivity (Wildman–Crippen MR) is 88.6 cm³/mol. The number of nitriles is 1. The third-order valence-corrected chi connectivity index (χ3v) is 3.75. The van der Waals surface area contributed by atoms with Gasteiger partial charge in [-0.1, -0.05) is 30.8 Å². The van der Waals surface area contributed by atoms with Gasteiger partial charge in [-0.25, -0.2) is 18.3 Å². The Bertz CT molecular complexity index is 851. The average molecular weight is 346 g/mol. The maximum Gasteiger partial charge on any atom is 0.337 e. The summed E-state index contributed by atoms with van der Waals surface area (Å²) in [5.41, 5.74) is 7.22. The molecule has 0 aliphatic heterocycles. The summed E-state index contributed by atoms with van der Waals surface area (Å²) in [5.74, 6) is -0.682. The first-order chi connectivity index (χ1) is 11.8.